The van der Waals surface area contributed by atoms with E-state index in [4.69, 9.17) is 10.5 Å². The van der Waals surface area contributed by atoms with Crippen molar-refractivity contribution in [3.8, 4) is 0 Å². The lowest BCUT2D eigenvalue weighted by Gasteiger charge is -2.16. The first-order valence-electron chi connectivity index (χ1n) is 10.3. The van der Waals surface area contributed by atoms with Crippen LogP contribution in [0.1, 0.15) is 54.6 Å². The number of benzene rings is 1. The highest BCUT2D eigenvalue weighted by molar-refractivity contribution is 5.96. The number of rotatable bonds is 6. The third-order valence-electron chi connectivity index (χ3n) is 5.64. The molecule has 6 nitrogen and oxygen atoms in total. The Morgan fingerprint density at radius 2 is 2.17 bits per heavy atom. The number of fused-ring (bicyclic) bond motifs is 1. The van der Waals surface area contributed by atoms with Crippen molar-refractivity contribution < 1.29 is 18.3 Å². The van der Waals surface area contributed by atoms with Crippen LogP contribution in [0.2, 0.25) is 0 Å². The van der Waals surface area contributed by atoms with Crippen LogP contribution in [0.15, 0.2) is 23.1 Å². The number of esters is 1. The van der Waals surface area contributed by atoms with E-state index < -0.39 is 23.0 Å². The minimum atomic E-state index is -1.12. The van der Waals surface area contributed by atoms with Crippen molar-refractivity contribution >= 4 is 22.9 Å². The lowest BCUT2D eigenvalue weighted by molar-refractivity contribution is 0.0524. The standard InChI is InChI=1S/C22H25F2N3O3/c1-2-30-22(29)17-11-27(14-6-7-14)20-15(5-3-4-13-8-12(25)10-26-13)19(24)18(23)9-16(20)21(17)28/h3,5,9,11-14,26H,2,4,6-8,10,25H2,1H3/b5-3-/t12-,13-/m0/s1. The van der Waals surface area contributed by atoms with Crippen LogP contribution in [0.25, 0.3) is 17.0 Å². The fourth-order valence-corrected chi connectivity index (χ4v) is 4.02. The minimum Gasteiger partial charge on any atom is -0.462 e. The number of nitrogens with two attached hydrogens (primary N) is 1. The lowest BCUT2D eigenvalue weighted by Crippen LogP contribution is -2.23. The van der Waals surface area contributed by atoms with Crippen LogP contribution in [0.3, 0.4) is 0 Å². The van der Waals surface area contributed by atoms with Crippen LogP contribution < -0.4 is 16.5 Å². The molecule has 30 heavy (non-hydrogen) atoms. The van der Waals surface area contributed by atoms with Crippen molar-refractivity contribution in [1.29, 1.82) is 0 Å². The summed E-state index contributed by atoms with van der Waals surface area (Å²) in [6.07, 6.45) is 7.82. The Bertz CT molecular complexity index is 1080. The third kappa shape index (κ3) is 3.89. The molecule has 2 atom stereocenters. The molecule has 0 amide bonds. The summed E-state index contributed by atoms with van der Waals surface area (Å²) in [6.45, 7) is 2.49. The van der Waals surface area contributed by atoms with Crippen molar-refractivity contribution in [3.05, 3.63) is 51.3 Å². The van der Waals surface area contributed by atoms with Gasteiger partial charge in [0.1, 0.15) is 5.56 Å². The Labute approximate surface area is 172 Å². The topological polar surface area (TPSA) is 86.3 Å². The average molecular weight is 417 g/mol. The molecule has 0 unspecified atom stereocenters. The van der Waals surface area contributed by atoms with Gasteiger partial charge in [0.25, 0.3) is 0 Å². The minimum absolute atomic E-state index is 0.0201. The molecular weight excluding hydrogens is 392 g/mol. The smallest absolute Gasteiger partial charge is 0.343 e. The number of aromatic nitrogens is 1. The molecule has 0 bridgehead atoms. The summed E-state index contributed by atoms with van der Waals surface area (Å²) < 4.78 is 35.9. The average Bonchev–Trinajstić information content (AvgIpc) is 3.47. The van der Waals surface area contributed by atoms with Gasteiger partial charge in [0.2, 0.25) is 5.43 Å². The van der Waals surface area contributed by atoms with Gasteiger partial charge in [-0.2, -0.15) is 0 Å². The Hall–Kier alpha value is -2.58. The number of ether oxygens (including phenoxy) is 1. The fourth-order valence-electron chi connectivity index (χ4n) is 4.02. The Balaban J connectivity index is 1.83. The van der Waals surface area contributed by atoms with Crippen molar-refractivity contribution in [3.63, 3.8) is 0 Å². The van der Waals surface area contributed by atoms with Crippen LogP contribution in [-0.2, 0) is 4.74 Å². The van der Waals surface area contributed by atoms with Crippen molar-refractivity contribution in [1.82, 2.24) is 9.88 Å². The van der Waals surface area contributed by atoms with E-state index in [1.165, 1.54) is 12.3 Å². The van der Waals surface area contributed by atoms with Crippen LogP contribution in [0.4, 0.5) is 8.78 Å². The highest BCUT2D eigenvalue weighted by atomic mass is 19.2. The zero-order valence-corrected chi connectivity index (χ0v) is 16.8. The normalized spacial score (nSPS) is 21.6. The van der Waals surface area contributed by atoms with Gasteiger partial charge in [-0.15, -0.1) is 0 Å². The molecule has 160 valence electrons. The second-order valence-electron chi connectivity index (χ2n) is 7.95. The third-order valence-corrected chi connectivity index (χ3v) is 5.64. The predicted molar refractivity (Wildman–Crippen MR) is 110 cm³/mol. The van der Waals surface area contributed by atoms with E-state index >= 15 is 0 Å². The molecule has 2 fully saturated rings. The van der Waals surface area contributed by atoms with Crippen molar-refractivity contribution in [2.24, 2.45) is 5.73 Å². The summed E-state index contributed by atoms with van der Waals surface area (Å²) in [6, 6.07) is 1.19. The van der Waals surface area contributed by atoms with Gasteiger partial charge < -0.3 is 20.4 Å². The molecule has 2 aromatic rings. The molecule has 1 saturated heterocycles. The Morgan fingerprint density at radius 1 is 1.40 bits per heavy atom. The van der Waals surface area contributed by atoms with E-state index in [9.17, 15) is 18.4 Å². The summed E-state index contributed by atoms with van der Waals surface area (Å²) in [4.78, 5) is 25.2. The van der Waals surface area contributed by atoms with Gasteiger partial charge >= 0.3 is 5.97 Å². The van der Waals surface area contributed by atoms with E-state index in [0.29, 0.717) is 11.9 Å². The molecule has 0 radical (unpaired) electrons. The highest BCUT2D eigenvalue weighted by Gasteiger charge is 2.29. The number of halogens is 2. The van der Waals surface area contributed by atoms with Crippen molar-refractivity contribution in [2.45, 2.75) is 50.7 Å². The molecule has 8 heteroatoms. The Kier molecular flexibility index (Phi) is 5.71. The lowest BCUT2D eigenvalue weighted by atomic mass is 10.0. The SMILES string of the molecule is CCOC(=O)c1cn(C2CC2)c2c(/C=C\C[C@H]3C[C@H](N)CN3)c(F)c(F)cc2c1=O. The van der Waals surface area contributed by atoms with Crippen LogP contribution in [-0.4, -0.2) is 35.8 Å². The maximum atomic E-state index is 14.8. The van der Waals surface area contributed by atoms with Crippen LogP contribution >= 0.6 is 0 Å². The number of nitrogens with zero attached hydrogens (tertiary/aromatic N) is 1. The molecule has 1 aromatic heterocycles. The number of carbonyl (C=O) groups is 1. The monoisotopic (exact) mass is 417 g/mol. The number of carbonyl (C=O) groups excluding carboxylic acids is 1. The van der Waals surface area contributed by atoms with Crippen LogP contribution in [0, 0.1) is 11.6 Å². The molecular formula is C22H25F2N3O3. The zero-order chi connectivity index (χ0) is 21.4. The van der Waals surface area contributed by atoms with E-state index in [1.807, 2.05) is 0 Å². The quantitative estimate of drug-likeness (QED) is 0.706. The second kappa shape index (κ2) is 8.28. The first-order valence-corrected chi connectivity index (χ1v) is 10.3. The summed E-state index contributed by atoms with van der Waals surface area (Å²) >= 11 is 0. The first-order chi connectivity index (χ1) is 14.4. The van der Waals surface area contributed by atoms with E-state index in [2.05, 4.69) is 5.32 Å². The fraction of sp³-hybridized carbons (Fsp3) is 0.455. The zero-order valence-electron chi connectivity index (χ0n) is 16.8. The number of pyridine rings is 1. The number of nitrogens with one attached hydrogen (secondary N) is 1. The van der Waals surface area contributed by atoms with Gasteiger partial charge in [0, 0.05) is 36.4 Å². The van der Waals surface area contributed by atoms with E-state index in [-0.39, 0.29) is 41.2 Å². The summed E-state index contributed by atoms with van der Waals surface area (Å²) in [5.74, 6) is -2.89. The van der Waals surface area contributed by atoms with Gasteiger partial charge in [-0.1, -0.05) is 12.2 Å². The van der Waals surface area contributed by atoms with Gasteiger partial charge in [-0.3, -0.25) is 4.79 Å². The van der Waals surface area contributed by atoms with Gasteiger partial charge in [0.05, 0.1) is 17.5 Å². The van der Waals surface area contributed by atoms with Crippen molar-refractivity contribution in [2.75, 3.05) is 13.2 Å². The van der Waals surface area contributed by atoms with Crippen LogP contribution in [0.5, 0.6) is 0 Å². The van der Waals surface area contributed by atoms with Gasteiger partial charge in [-0.25, -0.2) is 13.6 Å². The maximum Gasteiger partial charge on any atom is 0.343 e. The molecule has 1 aromatic carbocycles. The Morgan fingerprint density at radius 3 is 2.80 bits per heavy atom. The summed E-state index contributed by atoms with van der Waals surface area (Å²) in [7, 11) is 0. The molecule has 2 aliphatic rings. The summed E-state index contributed by atoms with van der Waals surface area (Å²) in [5.41, 5.74) is 5.40. The number of hydrogen-bond acceptors (Lipinski definition) is 5. The maximum absolute atomic E-state index is 14.8. The molecule has 1 saturated carbocycles. The largest absolute Gasteiger partial charge is 0.462 e. The predicted octanol–water partition coefficient (Wildman–Crippen LogP) is 2.88. The molecule has 1 aliphatic heterocycles. The molecule has 4 rings (SSSR count). The molecule has 1 aliphatic carbocycles. The van der Waals surface area contributed by atoms with Gasteiger partial charge in [0.15, 0.2) is 11.6 Å². The van der Waals surface area contributed by atoms with Gasteiger partial charge in [-0.05, 0) is 38.7 Å². The second-order valence-corrected chi connectivity index (χ2v) is 7.95. The molecule has 2 heterocycles. The summed E-state index contributed by atoms with van der Waals surface area (Å²) in [5, 5.41) is 3.26. The van der Waals surface area contributed by atoms with E-state index in [0.717, 1.165) is 31.9 Å². The molecule has 0 spiro atoms. The first kappa shape index (κ1) is 20.7. The molecule has 3 N–H and O–H groups in total. The van der Waals surface area contributed by atoms with E-state index in [1.54, 1.807) is 17.6 Å². The highest BCUT2D eigenvalue weighted by Crippen LogP contribution is 2.38. The number of hydrogen-bond donors (Lipinski definition) is 2.